The number of carboxylic acid groups (broad SMARTS) is 1. The van der Waals surface area contributed by atoms with E-state index in [0.29, 0.717) is 25.1 Å². The van der Waals surface area contributed by atoms with E-state index in [1.807, 2.05) is 20.8 Å². The van der Waals surface area contributed by atoms with Crippen LogP contribution in [0.1, 0.15) is 33.6 Å². The number of hydrogen-bond donors (Lipinski definition) is 1. The molecular weight excluding hydrogens is 401 g/mol. The first kappa shape index (κ1) is 23.0. The van der Waals surface area contributed by atoms with E-state index < -0.39 is 24.8 Å². The Labute approximate surface area is 165 Å². The molecule has 1 saturated heterocycles. The number of nitrogens with zero attached hydrogens (tertiary/aromatic N) is 1. The summed E-state index contributed by atoms with van der Waals surface area (Å²) in [7, 11) is 0. The Bertz CT molecular complexity index is 700. The Morgan fingerprint density at radius 2 is 1.66 bits per heavy atom. The number of piperidine rings is 1. The fourth-order valence-electron chi connectivity index (χ4n) is 3.15. The molecule has 1 aromatic rings. The predicted molar refractivity (Wildman–Crippen MR) is 94.6 cm³/mol. The van der Waals surface area contributed by atoms with Gasteiger partial charge in [0.15, 0.2) is 6.61 Å². The average molecular weight is 425 g/mol. The van der Waals surface area contributed by atoms with Gasteiger partial charge in [-0.2, -0.15) is 22.0 Å². The lowest BCUT2D eigenvalue weighted by atomic mass is 9.80. The maximum atomic E-state index is 12.9. The molecule has 1 N–H and O–H groups in total. The number of ether oxygens (including phenoxy) is 2. The smallest absolute Gasteiger partial charge is 0.456 e. The highest BCUT2D eigenvalue weighted by Gasteiger charge is 2.58. The van der Waals surface area contributed by atoms with Crippen molar-refractivity contribution in [3.05, 3.63) is 24.3 Å². The van der Waals surface area contributed by atoms with Gasteiger partial charge in [0.25, 0.3) is 0 Å². The van der Waals surface area contributed by atoms with Crippen LogP contribution in [-0.4, -0.2) is 53.5 Å². The van der Waals surface area contributed by atoms with Crippen molar-refractivity contribution in [3.63, 3.8) is 0 Å². The molecule has 2 unspecified atom stereocenters. The van der Waals surface area contributed by atoms with Crippen LogP contribution in [0.4, 0.5) is 26.7 Å². The van der Waals surface area contributed by atoms with E-state index in [0.717, 1.165) is 0 Å². The topological polar surface area (TPSA) is 59.0 Å². The molecule has 1 aliphatic heterocycles. The summed E-state index contributed by atoms with van der Waals surface area (Å²) in [5, 5.41) is 9.38. The largest absolute Gasteiger partial charge is 0.490 e. The second-order valence-electron chi connectivity index (χ2n) is 8.08. The van der Waals surface area contributed by atoms with E-state index in [1.165, 1.54) is 29.2 Å². The van der Waals surface area contributed by atoms with Crippen LogP contribution in [0.2, 0.25) is 0 Å². The van der Waals surface area contributed by atoms with Crippen LogP contribution in [0.5, 0.6) is 11.5 Å². The first-order chi connectivity index (χ1) is 13.2. The number of halogens is 5. The van der Waals surface area contributed by atoms with Crippen molar-refractivity contribution in [1.82, 2.24) is 4.90 Å². The molecule has 0 aromatic heterocycles. The highest BCUT2D eigenvalue weighted by atomic mass is 19.4. The van der Waals surface area contributed by atoms with Gasteiger partial charge in [-0.3, -0.25) is 0 Å². The van der Waals surface area contributed by atoms with E-state index in [1.54, 1.807) is 0 Å². The van der Waals surface area contributed by atoms with E-state index >= 15 is 0 Å². The molecule has 10 heteroatoms. The molecule has 0 spiro atoms. The standard InChI is InChI=1S/C19H24F5NO4/c1-17(2,3)15-10-14(8-9-25(15)16(26)27)29-13-6-4-12(5-7-13)28-11-18(20,21)19(22,23)24/h4-7,14-15H,8-11H2,1-3H3,(H,26,27). The van der Waals surface area contributed by atoms with Crippen LogP contribution >= 0.6 is 0 Å². The zero-order valence-electron chi connectivity index (χ0n) is 16.3. The molecule has 1 heterocycles. The van der Waals surface area contributed by atoms with Crippen LogP contribution in [0, 0.1) is 5.41 Å². The van der Waals surface area contributed by atoms with Crippen molar-refractivity contribution in [2.75, 3.05) is 13.2 Å². The van der Waals surface area contributed by atoms with E-state index in [2.05, 4.69) is 4.74 Å². The van der Waals surface area contributed by atoms with Crippen molar-refractivity contribution in [2.24, 2.45) is 5.41 Å². The minimum absolute atomic E-state index is 0.144. The van der Waals surface area contributed by atoms with Crippen LogP contribution in [0.3, 0.4) is 0 Å². The lowest BCUT2D eigenvalue weighted by molar-refractivity contribution is -0.290. The SMILES string of the molecule is CC(C)(C)C1CC(Oc2ccc(OCC(F)(F)C(F)(F)F)cc2)CCN1C(=O)O. The summed E-state index contributed by atoms with van der Waals surface area (Å²) in [4.78, 5) is 12.9. The van der Waals surface area contributed by atoms with Gasteiger partial charge < -0.3 is 19.5 Å². The van der Waals surface area contributed by atoms with Crippen LogP contribution in [-0.2, 0) is 0 Å². The quantitative estimate of drug-likeness (QED) is 0.659. The van der Waals surface area contributed by atoms with Crippen molar-refractivity contribution in [3.8, 4) is 11.5 Å². The Morgan fingerprint density at radius 1 is 1.10 bits per heavy atom. The van der Waals surface area contributed by atoms with Crippen molar-refractivity contribution in [1.29, 1.82) is 0 Å². The van der Waals surface area contributed by atoms with Crippen molar-refractivity contribution in [2.45, 2.75) is 57.9 Å². The molecule has 164 valence electrons. The molecule has 1 aromatic carbocycles. The summed E-state index contributed by atoms with van der Waals surface area (Å²) < 4.78 is 72.7. The molecule has 0 aliphatic carbocycles. The summed E-state index contributed by atoms with van der Waals surface area (Å²) in [5.41, 5.74) is -0.290. The van der Waals surface area contributed by atoms with Gasteiger partial charge in [-0.1, -0.05) is 20.8 Å². The van der Waals surface area contributed by atoms with Gasteiger partial charge in [-0.05, 0) is 29.7 Å². The van der Waals surface area contributed by atoms with Gasteiger partial charge in [0.05, 0.1) is 0 Å². The van der Waals surface area contributed by atoms with Gasteiger partial charge in [0.1, 0.15) is 17.6 Å². The molecule has 1 aliphatic rings. The first-order valence-corrected chi connectivity index (χ1v) is 9.04. The molecule has 0 radical (unpaired) electrons. The number of benzene rings is 1. The number of alkyl halides is 5. The molecule has 0 bridgehead atoms. The third-order valence-corrected chi connectivity index (χ3v) is 4.76. The van der Waals surface area contributed by atoms with Crippen LogP contribution < -0.4 is 9.47 Å². The third-order valence-electron chi connectivity index (χ3n) is 4.76. The Hall–Kier alpha value is -2.26. The maximum Gasteiger partial charge on any atom is 0.456 e. The zero-order valence-corrected chi connectivity index (χ0v) is 16.3. The molecule has 0 saturated carbocycles. The molecule has 1 amide bonds. The maximum absolute atomic E-state index is 12.9. The number of carbonyl (C=O) groups is 1. The summed E-state index contributed by atoms with van der Waals surface area (Å²) in [6, 6.07) is 5.07. The van der Waals surface area contributed by atoms with Crippen LogP contribution in [0.25, 0.3) is 0 Å². The molecular formula is C19H24F5NO4. The predicted octanol–water partition coefficient (Wildman–Crippen LogP) is 5.20. The minimum atomic E-state index is -5.68. The molecule has 2 rings (SSSR count). The highest BCUT2D eigenvalue weighted by Crippen LogP contribution is 2.36. The van der Waals surface area contributed by atoms with Gasteiger partial charge in [-0.15, -0.1) is 0 Å². The van der Waals surface area contributed by atoms with Gasteiger partial charge >= 0.3 is 18.2 Å². The molecule has 5 nitrogen and oxygen atoms in total. The number of amides is 1. The number of hydrogen-bond acceptors (Lipinski definition) is 3. The second-order valence-corrected chi connectivity index (χ2v) is 8.08. The monoisotopic (exact) mass is 425 g/mol. The number of likely N-dealkylation sites (tertiary alicyclic amines) is 1. The fourth-order valence-corrected chi connectivity index (χ4v) is 3.15. The Kier molecular flexibility index (Phi) is 6.54. The second kappa shape index (κ2) is 8.23. The summed E-state index contributed by atoms with van der Waals surface area (Å²) in [6.07, 6.45) is -5.96. The van der Waals surface area contributed by atoms with Crippen molar-refractivity contribution < 1.29 is 41.3 Å². The van der Waals surface area contributed by atoms with Crippen LogP contribution in [0.15, 0.2) is 24.3 Å². The summed E-state index contributed by atoms with van der Waals surface area (Å²) in [5.74, 6) is -4.70. The molecule has 1 fully saturated rings. The van der Waals surface area contributed by atoms with E-state index in [4.69, 9.17) is 4.74 Å². The summed E-state index contributed by atoms with van der Waals surface area (Å²) >= 11 is 0. The molecule has 2 atom stereocenters. The van der Waals surface area contributed by atoms with Gasteiger partial charge in [-0.25, -0.2) is 4.79 Å². The van der Waals surface area contributed by atoms with E-state index in [-0.39, 0.29) is 23.3 Å². The zero-order chi connectivity index (χ0) is 22.0. The highest BCUT2D eigenvalue weighted by molar-refractivity contribution is 5.65. The van der Waals surface area contributed by atoms with Gasteiger partial charge in [0, 0.05) is 25.4 Å². The lowest BCUT2D eigenvalue weighted by Gasteiger charge is -2.44. The number of rotatable bonds is 5. The first-order valence-electron chi connectivity index (χ1n) is 9.04. The average Bonchev–Trinajstić information content (AvgIpc) is 2.59. The Morgan fingerprint density at radius 3 is 2.14 bits per heavy atom. The lowest BCUT2D eigenvalue weighted by Crippen LogP contribution is -2.53. The Balaban J connectivity index is 1.97. The summed E-state index contributed by atoms with van der Waals surface area (Å²) in [6.45, 7) is 4.34. The normalized spacial score (nSPS) is 21.0. The molecule has 29 heavy (non-hydrogen) atoms. The minimum Gasteiger partial charge on any atom is -0.490 e. The third kappa shape index (κ3) is 5.86. The fraction of sp³-hybridized carbons (Fsp3) is 0.632. The van der Waals surface area contributed by atoms with Gasteiger partial charge in [0.2, 0.25) is 0 Å². The van der Waals surface area contributed by atoms with E-state index in [9.17, 15) is 31.9 Å². The van der Waals surface area contributed by atoms with Crippen molar-refractivity contribution >= 4 is 6.09 Å².